The van der Waals surface area contributed by atoms with E-state index in [9.17, 15) is 35.1 Å². The van der Waals surface area contributed by atoms with E-state index in [-0.39, 0.29) is 35.2 Å². The van der Waals surface area contributed by atoms with Gasteiger partial charge in [-0.05, 0) is 23.3 Å². The van der Waals surface area contributed by atoms with Crippen LogP contribution >= 0.6 is 0 Å². The number of fused-ring (bicyclic) bond motifs is 1. The first-order chi connectivity index (χ1) is 16.7. The van der Waals surface area contributed by atoms with Gasteiger partial charge in [0, 0.05) is 29.9 Å². The lowest BCUT2D eigenvalue weighted by molar-refractivity contribution is -0.206. The van der Waals surface area contributed by atoms with E-state index in [2.05, 4.69) is 0 Å². The molecule has 2 aromatic rings. The molecule has 2 aliphatic heterocycles. The third-order valence-electron chi connectivity index (χ3n) is 7.62. The first kappa shape index (κ1) is 21.9. The Morgan fingerprint density at radius 2 is 1.86 bits per heavy atom. The highest BCUT2D eigenvalue weighted by Gasteiger charge is 2.69. The van der Waals surface area contributed by atoms with Crippen LogP contribution < -0.4 is 9.47 Å². The average Bonchev–Trinajstić information content (AvgIpc) is 3.14. The van der Waals surface area contributed by atoms with Crippen LogP contribution in [-0.2, 0) is 9.53 Å². The molecule has 3 aliphatic carbocycles. The fourth-order valence-electron chi connectivity index (χ4n) is 6.16. The number of ether oxygens (including phenoxy) is 3. The van der Waals surface area contributed by atoms with Gasteiger partial charge in [0.05, 0.1) is 19.6 Å². The molecule has 10 nitrogen and oxygen atoms in total. The molecule has 5 aliphatic rings. The highest BCUT2D eigenvalue weighted by Crippen LogP contribution is 2.61. The Balaban J connectivity index is 1.46. The van der Waals surface area contributed by atoms with E-state index in [4.69, 9.17) is 14.2 Å². The van der Waals surface area contributed by atoms with Gasteiger partial charge < -0.3 is 39.7 Å². The molecule has 2 aromatic carbocycles. The second-order valence-corrected chi connectivity index (χ2v) is 9.35. The molecule has 2 fully saturated rings. The number of hydrogen-bond acceptors (Lipinski definition) is 10. The number of benzene rings is 2. The van der Waals surface area contributed by atoms with E-state index in [0.29, 0.717) is 11.1 Å². The second-order valence-electron chi connectivity index (χ2n) is 9.35. The number of rotatable bonds is 3. The van der Waals surface area contributed by atoms with Gasteiger partial charge in [-0.2, -0.15) is 0 Å². The summed E-state index contributed by atoms with van der Waals surface area (Å²) in [5.74, 6) is -6.84. The third kappa shape index (κ3) is 2.81. The van der Waals surface area contributed by atoms with E-state index < -0.39 is 59.0 Å². The molecule has 4 bridgehead atoms. The average molecular weight is 482 g/mol. The SMILES string of the molecule is COc1cc([C@@H]2C3C=C([C@H]4Oc5cc(O)cc(O)c5C(=O)[C@@H]4O)[C@H]4[C@@H]2COC4(O)C3=O)ccc1O. The van der Waals surface area contributed by atoms with E-state index in [1.54, 1.807) is 18.2 Å². The summed E-state index contributed by atoms with van der Waals surface area (Å²) in [6.07, 6.45) is -1.37. The van der Waals surface area contributed by atoms with Gasteiger partial charge in [-0.1, -0.05) is 12.1 Å². The lowest BCUT2D eigenvalue weighted by Gasteiger charge is -2.50. The summed E-state index contributed by atoms with van der Waals surface area (Å²) >= 11 is 0. The van der Waals surface area contributed by atoms with E-state index in [1.165, 1.54) is 13.2 Å². The van der Waals surface area contributed by atoms with Crippen LogP contribution in [0, 0.1) is 17.8 Å². The number of aliphatic hydroxyl groups excluding tert-OH is 1. The maximum atomic E-state index is 13.3. The van der Waals surface area contributed by atoms with Crippen LogP contribution in [0.5, 0.6) is 28.7 Å². The van der Waals surface area contributed by atoms with E-state index >= 15 is 0 Å². The topological polar surface area (TPSA) is 163 Å². The summed E-state index contributed by atoms with van der Waals surface area (Å²) in [6.45, 7) is 0.0452. The number of carbonyl (C=O) groups is 2. The fraction of sp³-hybridized carbons (Fsp3) is 0.360. The molecule has 2 unspecified atom stereocenters. The number of allylic oxidation sites excluding steroid dienone is 1. The van der Waals surface area contributed by atoms with Gasteiger partial charge in [0.15, 0.2) is 29.5 Å². The Labute approximate surface area is 198 Å². The van der Waals surface area contributed by atoms with Crippen LogP contribution in [0.2, 0.25) is 0 Å². The zero-order valence-electron chi connectivity index (χ0n) is 18.4. The number of hydrogen-bond donors (Lipinski definition) is 5. The standard InChI is InChI=1S/C25H22O10/c1-33-16-4-9(2-3-14(16)27)18-11-7-12(20-13(18)8-34-25(20,32)24(11)31)23-22(30)21(29)19-15(28)5-10(26)6-17(19)35-23/h2-7,11,13,18,20,22-23,26-28,30,32H,8H2,1H3/t11?,13-,18-,20+,22+,23-,25?/m1/s1. The minimum Gasteiger partial charge on any atom is -0.508 e. The molecule has 0 spiro atoms. The van der Waals surface area contributed by atoms with Gasteiger partial charge >= 0.3 is 0 Å². The Morgan fingerprint density at radius 1 is 1.09 bits per heavy atom. The number of phenolic OH excluding ortho intramolecular Hbond substituents is 3. The first-order valence-corrected chi connectivity index (χ1v) is 11.1. The van der Waals surface area contributed by atoms with Crippen molar-refractivity contribution in [3.05, 3.63) is 53.1 Å². The maximum absolute atomic E-state index is 13.3. The summed E-state index contributed by atoms with van der Waals surface area (Å²) in [5.41, 5.74) is 0.796. The van der Waals surface area contributed by atoms with E-state index in [1.807, 2.05) is 0 Å². The number of methoxy groups -OCH3 is 1. The molecule has 1 saturated heterocycles. The summed E-state index contributed by atoms with van der Waals surface area (Å²) in [4.78, 5) is 26.2. The minimum absolute atomic E-state index is 0.0452. The summed E-state index contributed by atoms with van der Waals surface area (Å²) in [7, 11) is 1.42. The molecule has 5 N–H and O–H groups in total. The minimum atomic E-state index is -2.13. The van der Waals surface area contributed by atoms with Crippen LogP contribution in [-0.4, -0.2) is 68.8 Å². The molecule has 7 rings (SSSR count). The largest absolute Gasteiger partial charge is 0.508 e. The molecule has 0 radical (unpaired) electrons. The van der Waals surface area contributed by atoms with Crippen molar-refractivity contribution in [3.8, 4) is 28.7 Å². The first-order valence-electron chi connectivity index (χ1n) is 11.1. The van der Waals surface area contributed by atoms with Crippen molar-refractivity contribution in [2.75, 3.05) is 13.7 Å². The Hall–Kier alpha value is -3.60. The Kier molecular flexibility index (Phi) is 4.51. The van der Waals surface area contributed by atoms with Gasteiger partial charge in [-0.3, -0.25) is 9.59 Å². The van der Waals surface area contributed by atoms with Gasteiger partial charge in [-0.15, -0.1) is 0 Å². The van der Waals surface area contributed by atoms with Crippen molar-refractivity contribution in [2.45, 2.75) is 23.9 Å². The highest BCUT2D eigenvalue weighted by atomic mass is 16.6. The predicted octanol–water partition coefficient (Wildman–Crippen LogP) is 0.990. The van der Waals surface area contributed by atoms with Crippen molar-refractivity contribution >= 4 is 11.6 Å². The van der Waals surface area contributed by atoms with Crippen LogP contribution in [0.1, 0.15) is 21.8 Å². The van der Waals surface area contributed by atoms with Crippen LogP contribution in [0.15, 0.2) is 42.0 Å². The number of Topliss-reactive ketones (excluding diaryl/α,β-unsaturated/α-hetero) is 2. The number of aromatic hydroxyl groups is 3. The molecule has 7 atom stereocenters. The monoisotopic (exact) mass is 482 g/mol. The number of carbonyl (C=O) groups excluding carboxylic acids is 2. The van der Waals surface area contributed by atoms with Gasteiger partial charge in [0.25, 0.3) is 0 Å². The van der Waals surface area contributed by atoms with Crippen LogP contribution in [0.3, 0.4) is 0 Å². The maximum Gasteiger partial charge on any atom is 0.234 e. The third-order valence-corrected chi connectivity index (χ3v) is 7.62. The highest BCUT2D eigenvalue weighted by molar-refractivity contribution is 6.06. The Bertz CT molecular complexity index is 1320. The molecular formula is C25H22O10. The molecule has 0 aromatic heterocycles. The van der Waals surface area contributed by atoms with Crippen molar-refractivity contribution in [1.82, 2.24) is 0 Å². The molecule has 10 heteroatoms. The number of ketones is 2. The molecular weight excluding hydrogens is 460 g/mol. The van der Waals surface area contributed by atoms with Crippen molar-refractivity contribution < 1.29 is 49.3 Å². The molecule has 182 valence electrons. The smallest absolute Gasteiger partial charge is 0.234 e. The van der Waals surface area contributed by atoms with Crippen molar-refractivity contribution in [1.29, 1.82) is 0 Å². The quantitative estimate of drug-likeness (QED) is 0.399. The summed E-state index contributed by atoms with van der Waals surface area (Å²) in [6, 6.07) is 6.91. The Morgan fingerprint density at radius 3 is 2.60 bits per heavy atom. The van der Waals surface area contributed by atoms with E-state index in [0.717, 1.165) is 12.1 Å². The summed E-state index contributed by atoms with van der Waals surface area (Å²) < 4.78 is 16.7. The number of phenols is 3. The normalized spacial score (nSPS) is 34.9. The van der Waals surface area contributed by atoms with Gasteiger partial charge in [-0.25, -0.2) is 0 Å². The lowest BCUT2D eigenvalue weighted by atomic mass is 9.55. The van der Waals surface area contributed by atoms with Gasteiger partial charge in [0.1, 0.15) is 22.8 Å². The summed E-state index contributed by atoms with van der Waals surface area (Å²) in [5, 5.41) is 52.0. The number of aliphatic hydroxyl groups is 2. The molecule has 35 heavy (non-hydrogen) atoms. The molecule has 0 amide bonds. The molecule has 2 heterocycles. The fourth-order valence-corrected chi connectivity index (χ4v) is 6.16. The molecule has 1 saturated carbocycles. The van der Waals surface area contributed by atoms with Gasteiger partial charge in [0.2, 0.25) is 11.6 Å². The zero-order valence-corrected chi connectivity index (χ0v) is 18.4. The van der Waals surface area contributed by atoms with Crippen molar-refractivity contribution in [3.63, 3.8) is 0 Å². The van der Waals surface area contributed by atoms with Crippen LogP contribution in [0.4, 0.5) is 0 Å². The lowest BCUT2D eigenvalue weighted by Crippen LogP contribution is -2.60. The van der Waals surface area contributed by atoms with Crippen LogP contribution in [0.25, 0.3) is 0 Å². The zero-order chi connectivity index (χ0) is 24.8. The predicted molar refractivity (Wildman–Crippen MR) is 116 cm³/mol. The van der Waals surface area contributed by atoms with Crippen molar-refractivity contribution in [2.24, 2.45) is 17.8 Å². The second kappa shape index (κ2) is 7.20.